The monoisotopic (exact) mass is 444 g/mol. The molecule has 0 saturated heterocycles. The van der Waals surface area contributed by atoms with Crippen molar-refractivity contribution in [1.82, 2.24) is 0 Å². The van der Waals surface area contributed by atoms with Gasteiger partial charge in [0.2, 0.25) is 0 Å². The number of benzene rings is 2. The number of halogens is 3. The molecule has 0 heterocycles. The molecule has 27 heavy (non-hydrogen) atoms. The topological polar surface area (TPSA) is 108 Å². The van der Waals surface area contributed by atoms with Crippen LogP contribution in [-0.4, -0.2) is 30.0 Å². The summed E-state index contributed by atoms with van der Waals surface area (Å²) in [6.07, 6.45) is 0. The van der Waals surface area contributed by atoms with Crippen molar-refractivity contribution in [1.29, 1.82) is 0 Å². The first-order chi connectivity index (χ1) is 12.8. The van der Waals surface area contributed by atoms with Crippen LogP contribution in [-0.2, 0) is 9.53 Å². The van der Waals surface area contributed by atoms with Crippen LogP contribution < -0.4 is 10.1 Å². The molecule has 0 spiro atoms. The molecular formula is C16H11BrF2N2O6. The molecule has 11 heteroatoms. The summed E-state index contributed by atoms with van der Waals surface area (Å²) in [6.45, 7) is -3.69. The third kappa shape index (κ3) is 5.99. The zero-order valence-electron chi connectivity index (χ0n) is 13.4. The van der Waals surface area contributed by atoms with Gasteiger partial charge in [-0.1, -0.05) is 6.07 Å². The second-order valence-electron chi connectivity index (χ2n) is 4.95. The van der Waals surface area contributed by atoms with Gasteiger partial charge >= 0.3 is 12.6 Å². The summed E-state index contributed by atoms with van der Waals surface area (Å²) in [5.74, 6) is -1.83. The zero-order chi connectivity index (χ0) is 20.0. The van der Waals surface area contributed by atoms with E-state index < -0.39 is 30.0 Å². The number of amides is 1. The SMILES string of the molecule is O=C(COC(=O)c1cccc(OC(F)F)c1)Nc1ccc([N+](=O)[O-])cc1Br. The number of nitro groups is 1. The molecule has 0 atom stereocenters. The smallest absolute Gasteiger partial charge is 0.387 e. The van der Waals surface area contributed by atoms with Crippen molar-refractivity contribution in [3.05, 3.63) is 62.6 Å². The Bertz CT molecular complexity index is 878. The van der Waals surface area contributed by atoms with Crippen LogP contribution >= 0.6 is 15.9 Å². The van der Waals surface area contributed by atoms with E-state index in [9.17, 15) is 28.5 Å². The van der Waals surface area contributed by atoms with Gasteiger partial charge in [-0.05, 0) is 40.2 Å². The molecule has 0 fully saturated rings. The highest BCUT2D eigenvalue weighted by molar-refractivity contribution is 9.10. The molecule has 0 radical (unpaired) electrons. The third-order valence-corrected chi connectivity index (χ3v) is 3.72. The normalized spacial score (nSPS) is 10.4. The first-order valence-corrected chi connectivity index (χ1v) is 8.01. The van der Waals surface area contributed by atoms with Gasteiger partial charge in [0.25, 0.3) is 11.6 Å². The number of hydrogen-bond acceptors (Lipinski definition) is 6. The Morgan fingerprint density at radius 3 is 2.59 bits per heavy atom. The van der Waals surface area contributed by atoms with Crippen molar-refractivity contribution in [3.63, 3.8) is 0 Å². The van der Waals surface area contributed by atoms with Gasteiger partial charge in [-0.15, -0.1) is 0 Å². The van der Waals surface area contributed by atoms with Crippen molar-refractivity contribution in [2.45, 2.75) is 6.61 Å². The molecule has 8 nitrogen and oxygen atoms in total. The molecule has 0 aliphatic rings. The predicted molar refractivity (Wildman–Crippen MR) is 92.8 cm³/mol. The lowest BCUT2D eigenvalue weighted by molar-refractivity contribution is -0.384. The number of carbonyl (C=O) groups excluding carboxylic acids is 2. The van der Waals surface area contributed by atoms with E-state index in [1.54, 1.807) is 0 Å². The number of carbonyl (C=O) groups is 2. The Balaban J connectivity index is 1.93. The molecule has 0 unspecified atom stereocenters. The van der Waals surface area contributed by atoms with E-state index in [0.29, 0.717) is 0 Å². The predicted octanol–water partition coefficient (Wildman–Crippen LogP) is 3.75. The van der Waals surface area contributed by atoms with Gasteiger partial charge in [0.15, 0.2) is 6.61 Å². The second kappa shape index (κ2) is 9.03. The fourth-order valence-electron chi connectivity index (χ4n) is 1.92. The van der Waals surface area contributed by atoms with Crippen LogP contribution in [0.5, 0.6) is 5.75 Å². The number of esters is 1. The lowest BCUT2D eigenvalue weighted by Gasteiger charge is -2.09. The van der Waals surface area contributed by atoms with Crippen LogP contribution in [0, 0.1) is 10.1 Å². The van der Waals surface area contributed by atoms with E-state index in [0.717, 1.165) is 6.07 Å². The first-order valence-electron chi connectivity index (χ1n) is 7.22. The molecule has 2 aromatic carbocycles. The first kappa shape index (κ1) is 20.2. The van der Waals surface area contributed by atoms with Gasteiger partial charge in [-0.2, -0.15) is 8.78 Å². The summed E-state index contributed by atoms with van der Waals surface area (Å²) in [7, 11) is 0. The number of hydrogen-bond donors (Lipinski definition) is 1. The van der Waals surface area contributed by atoms with Gasteiger partial charge in [0, 0.05) is 16.6 Å². The number of nitrogens with zero attached hydrogens (tertiary/aromatic N) is 1. The van der Waals surface area contributed by atoms with Gasteiger partial charge in [-0.3, -0.25) is 14.9 Å². The van der Waals surface area contributed by atoms with Crippen LogP contribution in [0.2, 0.25) is 0 Å². The summed E-state index contributed by atoms with van der Waals surface area (Å²) < 4.78 is 33.6. The van der Waals surface area contributed by atoms with Crippen LogP contribution in [0.1, 0.15) is 10.4 Å². The van der Waals surface area contributed by atoms with E-state index in [4.69, 9.17) is 4.74 Å². The molecule has 0 aliphatic carbocycles. The summed E-state index contributed by atoms with van der Waals surface area (Å²) in [4.78, 5) is 33.8. The van der Waals surface area contributed by atoms with E-state index in [1.807, 2.05) is 0 Å². The molecular weight excluding hydrogens is 434 g/mol. The Kier molecular flexibility index (Phi) is 6.77. The minimum Gasteiger partial charge on any atom is -0.452 e. The quantitative estimate of drug-likeness (QED) is 0.395. The van der Waals surface area contributed by atoms with E-state index >= 15 is 0 Å². The fraction of sp³-hybridized carbons (Fsp3) is 0.125. The van der Waals surface area contributed by atoms with Crippen LogP contribution in [0.25, 0.3) is 0 Å². The maximum atomic E-state index is 12.2. The molecule has 2 rings (SSSR count). The molecule has 0 aliphatic heterocycles. The maximum absolute atomic E-state index is 12.2. The standard InChI is InChI=1S/C16H11BrF2N2O6/c17-12-7-10(21(24)25)4-5-13(12)20-14(22)8-26-15(23)9-2-1-3-11(6-9)27-16(18)19/h1-7,16H,8H2,(H,20,22). The molecule has 0 bridgehead atoms. The van der Waals surface area contributed by atoms with Crippen molar-refractivity contribution in [2.75, 3.05) is 11.9 Å². The van der Waals surface area contributed by atoms with Gasteiger partial charge in [-0.25, -0.2) is 4.79 Å². The average Bonchev–Trinajstić information content (AvgIpc) is 2.61. The lowest BCUT2D eigenvalue weighted by Crippen LogP contribution is -2.21. The number of alkyl halides is 2. The van der Waals surface area contributed by atoms with Crippen molar-refractivity contribution in [3.8, 4) is 5.75 Å². The summed E-state index contributed by atoms with van der Waals surface area (Å²) in [6, 6.07) is 8.64. The number of ether oxygens (including phenoxy) is 2. The highest BCUT2D eigenvalue weighted by Crippen LogP contribution is 2.27. The van der Waals surface area contributed by atoms with E-state index in [-0.39, 0.29) is 27.2 Å². The van der Waals surface area contributed by atoms with Crippen molar-refractivity contribution < 1.29 is 32.8 Å². The van der Waals surface area contributed by atoms with Gasteiger partial charge in [0.1, 0.15) is 5.75 Å². The molecule has 1 N–H and O–H groups in total. The number of nitro benzene ring substituents is 1. The molecule has 142 valence electrons. The van der Waals surface area contributed by atoms with Crippen molar-refractivity contribution >= 4 is 39.2 Å². The summed E-state index contributed by atoms with van der Waals surface area (Å²) in [5, 5.41) is 13.1. The van der Waals surface area contributed by atoms with Crippen LogP contribution in [0.15, 0.2) is 46.9 Å². The van der Waals surface area contributed by atoms with Crippen LogP contribution in [0.3, 0.4) is 0 Å². The van der Waals surface area contributed by atoms with Gasteiger partial charge in [0.05, 0.1) is 16.2 Å². The third-order valence-electron chi connectivity index (χ3n) is 3.07. The number of rotatable bonds is 7. The maximum Gasteiger partial charge on any atom is 0.387 e. The Hall–Kier alpha value is -3.08. The van der Waals surface area contributed by atoms with Crippen molar-refractivity contribution in [2.24, 2.45) is 0 Å². The van der Waals surface area contributed by atoms with E-state index in [2.05, 4.69) is 26.0 Å². The van der Waals surface area contributed by atoms with Gasteiger partial charge < -0.3 is 14.8 Å². The fourth-order valence-corrected chi connectivity index (χ4v) is 2.38. The highest BCUT2D eigenvalue weighted by atomic mass is 79.9. The minimum absolute atomic E-state index is 0.0718. The number of non-ortho nitro benzene ring substituents is 1. The lowest BCUT2D eigenvalue weighted by atomic mass is 10.2. The Morgan fingerprint density at radius 1 is 1.22 bits per heavy atom. The second-order valence-corrected chi connectivity index (χ2v) is 5.81. The largest absolute Gasteiger partial charge is 0.452 e. The highest BCUT2D eigenvalue weighted by Gasteiger charge is 2.15. The molecule has 2 aromatic rings. The summed E-state index contributed by atoms with van der Waals surface area (Å²) >= 11 is 3.09. The molecule has 0 aromatic heterocycles. The zero-order valence-corrected chi connectivity index (χ0v) is 14.9. The average molecular weight is 445 g/mol. The molecule has 1 amide bonds. The Morgan fingerprint density at radius 2 is 1.96 bits per heavy atom. The number of nitrogens with one attached hydrogen (secondary N) is 1. The Labute approximate surface area is 159 Å². The summed E-state index contributed by atoms with van der Waals surface area (Å²) in [5.41, 5.74) is 0.00338. The minimum atomic E-state index is -3.04. The number of anilines is 1. The van der Waals surface area contributed by atoms with E-state index in [1.165, 1.54) is 36.4 Å². The van der Waals surface area contributed by atoms with Crippen LogP contribution in [0.4, 0.5) is 20.2 Å². The molecule has 0 saturated carbocycles.